The number of carbonyl (C=O) groups is 2. The van der Waals surface area contributed by atoms with Crippen LogP contribution in [0.2, 0.25) is 0 Å². The lowest BCUT2D eigenvalue weighted by atomic mass is 9.73. The van der Waals surface area contributed by atoms with Gasteiger partial charge in [0.2, 0.25) is 0 Å². The van der Waals surface area contributed by atoms with Crippen LogP contribution in [0.3, 0.4) is 0 Å². The van der Waals surface area contributed by atoms with Gasteiger partial charge in [-0.05, 0) is 30.2 Å². The lowest BCUT2D eigenvalue weighted by molar-refractivity contribution is 0.0861. The first kappa shape index (κ1) is 21.1. The Labute approximate surface area is 191 Å². The van der Waals surface area contributed by atoms with Gasteiger partial charge in [0.05, 0.1) is 17.5 Å². The normalized spacial score (nSPS) is 19.8. The molecule has 0 spiro atoms. The number of nitrogens with one attached hydrogen (secondary N) is 1. The van der Waals surface area contributed by atoms with Crippen molar-refractivity contribution in [1.29, 1.82) is 0 Å². The third-order valence-electron chi connectivity index (χ3n) is 6.30. The van der Waals surface area contributed by atoms with Gasteiger partial charge in [0.15, 0.2) is 5.78 Å². The fourth-order valence-electron chi connectivity index (χ4n) is 4.82. The van der Waals surface area contributed by atoms with E-state index in [4.69, 9.17) is 15.5 Å². The van der Waals surface area contributed by atoms with E-state index in [2.05, 4.69) is 19.2 Å². The smallest absolute Gasteiger partial charge is 0.263 e. The highest BCUT2D eigenvalue weighted by molar-refractivity contribution is 7.21. The van der Waals surface area contributed by atoms with Gasteiger partial charge < -0.3 is 15.8 Å². The molecule has 1 fully saturated rings. The Bertz CT molecular complexity index is 1210. The molecule has 32 heavy (non-hydrogen) atoms. The predicted octanol–water partition coefficient (Wildman–Crippen LogP) is 4.61. The number of amides is 1. The van der Waals surface area contributed by atoms with Gasteiger partial charge in [0, 0.05) is 36.1 Å². The molecule has 2 aliphatic rings. The molecular weight excluding hydrogens is 422 g/mol. The molecule has 3 aromatic rings. The highest BCUT2D eigenvalue weighted by Crippen LogP contribution is 2.46. The van der Waals surface area contributed by atoms with Crippen molar-refractivity contribution in [3.05, 3.63) is 46.5 Å². The second kappa shape index (κ2) is 7.98. The van der Waals surface area contributed by atoms with Crippen LogP contribution in [0.1, 0.15) is 58.8 Å². The fourth-order valence-corrected chi connectivity index (χ4v) is 5.86. The number of ether oxygens (including phenoxy) is 1. The third kappa shape index (κ3) is 3.69. The summed E-state index contributed by atoms with van der Waals surface area (Å²) in [6, 6.07) is 9.80. The molecule has 1 aromatic carbocycles. The first-order valence-electron chi connectivity index (χ1n) is 11.1. The molecule has 1 aliphatic carbocycles. The van der Waals surface area contributed by atoms with Crippen LogP contribution in [0.4, 0.5) is 5.69 Å². The number of anilines is 1. The molecule has 2 aromatic heterocycles. The number of nitrogen functional groups attached to an aromatic ring is 1. The van der Waals surface area contributed by atoms with Crippen LogP contribution in [0.5, 0.6) is 0 Å². The Balaban J connectivity index is 1.65. The largest absolute Gasteiger partial charge is 0.397 e. The van der Waals surface area contributed by atoms with Gasteiger partial charge in [-0.25, -0.2) is 4.98 Å². The maximum atomic E-state index is 13.3. The van der Waals surface area contributed by atoms with Crippen molar-refractivity contribution < 1.29 is 14.3 Å². The Hall–Kier alpha value is -2.77. The average molecular weight is 450 g/mol. The SMILES string of the molecule is CC1(C)CC(=O)c2c(nc3sc(C(=O)NCC4CCCO4)c(N)c3c2-c2ccccc2)C1. The number of benzene rings is 1. The number of hydrogen-bond donors (Lipinski definition) is 2. The summed E-state index contributed by atoms with van der Waals surface area (Å²) in [6.45, 7) is 5.39. The first-order valence-corrected chi connectivity index (χ1v) is 11.9. The number of fused-ring (bicyclic) bond motifs is 2. The maximum Gasteiger partial charge on any atom is 0.263 e. The van der Waals surface area contributed by atoms with E-state index in [0.717, 1.165) is 36.3 Å². The molecular formula is C25H27N3O3S. The quantitative estimate of drug-likeness (QED) is 0.607. The summed E-state index contributed by atoms with van der Waals surface area (Å²) < 4.78 is 5.61. The number of ketones is 1. The molecule has 3 heterocycles. The van der Waals surface area contributed by atoms with Crippen LogP contribution in [0.25, 0.3) is 21.3 Å². The first-order chi connectivity index (χ1) is 15.3. The van der Waals surface area contributed by atoms with Crippen molar-refractivity contribution in [2.24, 2.45) is 5.41 Å². The standard InChI is InChI=1S/C25H27N3O3S/c1-25(2)11-16-19(17(29)12-25)18(14-7-4-3-5-8-14)20-21(26)22(32-24(20)28-16)23(30)27-13-15-9-6-10-31-15/h3-5,7-8,15H,6,9-13,26H2,1-2H3,(H,27,30). The van der Waals surface area contributed by atoms with Crippen molar-refractivity contribution in [3.63, 3.8) is 0 Å². The third-order valence-corrected chi connectivity index (χ3v) is 7.40. The van der Waals surface area contributed by atoms with E-state index >= 15 is 0 Å². The minimum Gasteiger partial charge on any atom is -0.397 e. The summed E-state index contributed by atoms with van der Waals surface area (Å²) in [5.74, 6) is -0.135. The molecule has 0 radical (unpaired) electrons. The summed E-state index contributed by atoms with van der Waals surface area (Å²) >= 11 is 1.30. The Morgan fingerprint density at radius 3 is 2.75 bits per heavy atom. The number of hydrogen-bond acceptors (Lipinski definition) is 6. The van der Waals surface area contributed by atoms with Crippen LogP contribution < -0.4 is 11.1 Å². The molecule has 3 N–H and O–H groups in total. The average Bonchev–Trinajstić information content (AvgIpc) is 3.38. The van der Waals surface area contributed by atoms with Crippen molar-refractivity contribution in [1.82, 2.24) is 10.3 Å². The predicted molar refractivity (Wildman–Crippen MR) is 127 cm³/mol. The minimum atomic E-state index is -0.218. The number of nitrogens with two attached hydrogens (primary N) is 1. The van der Waals surface area contributed by atoms with Gasteiger partial charge in [-0.3, -0.25) is 9.59 Å². The Morgan fingerprint density at radius 2 is 2.03 bits per heavy atom. The van der Waals surface area contributed by atoms with Crippen molar-refractivity contribution in [2.75, 3.05) is 18.9 Å². The molecule has 7 heteroatoms. The summed E-state index contributed by atoms with van der Waals surface area (Å²) in [5, 5.41) is 3.67. The van der Waals surface area contributed by atoms with E-state index in [1.807, 2.05) is 30.3 Å². The van der Waals surface area contributed by atoms with E-state index in [9.17, 15) is 9.59 Å². The molecule has 1 saturated heterocycles. The summed E-state index contributed by atoms with van der Waals surface area (Å²) in [5.41, 5.74) is 9.97. The molecule has 1 unspecified atom stereocenters. The molecule has 1 amide bonds. The van der Waals surface area contributed by atoms with Gasteiger partial charge in [-0.2, -0.15) is 0 Å². The lowest BCUT2D eigenvalue weighted by Crippen LogP contribution is -2.31. The van der Waals surface area contributed by atoms with Gasteiger partial charge in [0.25, 0.3) is 5.91 Å². The number of Topliss-reactive ketones (excluding diaryl/α,β-unsaturated/α-hetero) is 1. The van der Waals surface area contributed by atoms with E-state index < -0.39 is 0 Å². The van der Waals surface area contributed by atoms with Crippen molar-refractivity contribution in [2.45, 2.75) is 45.6 Å². The summed E-state index contributed by atoms with van der Waals surface area (Å²) in [4.78, 5) is 32.3. The number of carbonyl (C=O) groups excluding carboxylic acids is 2. The van der Waals surface area contributed by atoms with Crippen LogP contribution in [0.15, 0.2) is 30.3 Å². The Kier molecular flexibility index (Phi) is 5.26. The van der Waals surface area contributed by atoms with Crippen LogP contribution >= 0.6 is 11.3 Å². The molecule has 0 bridgehead atoms. The van der Waals surface area contributed by atoms with E-state index in [1.54, 1.807) is 0 Å². The van der Waals surface area contributed by atoms with Crippen LogP contribution in [0, 0.1) is 5.41 Å². The number of pyridine rings is 1. The van der Waals surface area contributed by atoms with Gasteiger partial charge in [-0.1, -0.05) is 44.2 Å². The summed E-state index contributed by atoms with van der Waals surface area (Å²) in [7, 11) is 0. The van der Waals surface area contributed by atoms with Gasteiger partial charge in [0.1, 0.15) is 9.71 Å². The number of rotatable bonds is 4. The Morgan fingerprint density at radius 1 is 1.25 bits per heavy atom. The maximum absolute atomic E-state index is 13.3. The zero-order valence-corrected chi connectivity index (χ0v) is 19.2. The number of nitrogens with zero attached hydrogens (tertiary/aromatic N) is 1. The molecule has 0 saturated carbocycles. The fraction of sp³-hybridized carbons (Fsp3) is 0.400. The minimum absolute atomic E-state index is 0.0553. The van der Waals surface area contributed by atoms with E-state index in [0.29, 0.717) is 45.7 Å². The van der Waals surface area contributed by atoms with Crippen LogP contribution in [-0.2, 0) is 11.2 Å². The van der Waals surface area contributed by atoms with Gasteiger partial charge in [-0.15, -0.1) is 11.3 Å². The molecule has 5 rings (SSSR count). The van der Waals surface area contributed by atoms with Gasteiger partial charge >= 0.3 is 0 Å². The monoisotopic (exact) mass is 449 g/mol. The topological polar surface area (TPSA) is 94.3 Å². The molecule has 166 valence electrons. The zero-order valence-electron chi connectivity index (χ0n) is 18.4. The molecule has 1 aliphatic heterocycles. The summed E-state index contributed by atoms with van der Waals surface area (Å²) in [6.07, 6.45) is 3.20. The zero-order chi connectivity index (χ0) is 22.5. The van der Waals surface area contributed by atoms with Crippen molar-refractivity contribution in [3.8, 4) is 11.1 Å². The second-order valence-corrected chi connectivity index (χ2v) is 10.5. The number of thiophene rings is 1. The molecule has 1 atom stereocenters. The van der Waals surface area contributed by atoms with E-state index in [-0.39, 0.29) is 23.2 Å². The highest BCUT2D eigenvalue weighted by atomic mass is 32.1. The highest BCUT2D eigenvalue weighted by Gasteiger charge is 2.36. The van der Waals surface area contributed by atoms with E-state index in [1.165, 1.54) is 11.3 Å². The van der Waals surface area contributed by atoms with Crippen LogP contribution in [-0.4, -0.2) is 35.9 Å². The van der Waals surface area contributed by atoms with Crippen molar-refractivity contribution >= 4 is 38.9 Å². The molecule has 6 nitrogen and oxygen atoms in total. The number of aromatic nitrogens is 1. The lowest BCUT2D eigenvalue weighted by Gasteiger charge is -2.30. The second-order valence-electron chi connectivity index (χ2n) is 9.49.